The topological polar surface area (TPSA) is 114 Å². The molecule has 0 radical (unpaired) electrons. The van der Waals surface area contributed by atoms with E-state index in [4.69, 9.17) is 39.7 Å². The molecule has 152 valence electrons. The van der Waals surface area contributed by atoms with Gasteiger partial charge in [-0.25, -0.2) is 15.0 Å². The second-order valence-corrected chi connectivity index (χ2v) is 8.45. The first-order valence-corrected chi connectivity index (χ1v) is 10.0. The molecule has 2 aromatic rings. The van der Waals surface area contributed by atoms with Crippen LogP contribution in [0.5, 0.6) is 0 Å². The summed E-state index contributed by atoms with van der Waals surface area (Å²) < 4.78 is 0. The van der Waals surface area contributed by atoms with Crippen molar-refractivity contribution < 1.29 is 5.11 Å². The van der Waals surface area contributed by atoms with Crippen LogP contribution in [-0.2, 0) is 6.61 Å². The van der Waals surface area contributed by atoms with Crippen molar-refractivity contribution in [3.8, 4) is 11.3 Å². The maximum Gasteiger partial charge on any atom is 0.153 e. The SMILES string of the molecule is Cc1nc(N2CCC(C)([C@H](C)N)CC2)c(CO)nc1-c1cc(N)nc(Cl)c1Cl. The minimum absolute atomic E-state index is 0.108. The number of anilines is 2. The molecule has 5 N–H and O–H groups in total. The highest BCUT2D eigenvalue weighted by atomic mass is 35.5. The first-order chi connectivity index (χ1) is 13.2. The highest BCUT2D eigenvalue weighted by Crippen LogP contribution is 2.38. The summed E-state index contributed by atoms with van der Waals surface area (Å²) in [7, 11) is 0. The zero-order chi connectivity index (χ0) is 20.6. The van der Waals surface area contributed by atoms with Gasteiger partial charge < -0.3 is 21.5 Å². The zero-order valence-electron chi connectivity index (χ0n) is 16.3. The first-order valence-electron chi connectivity index (χ1n) is 9.27. The van der Waals surface area contributed by atoms with Gasteiger partial charge in [0.05, 0.1) is 23.0 Å². The summed E-state index contributed by atoms with van der Waals surface area (Å²) in [6, 6.07) is 1.74. The van der Waals surface area contributed by atoms with Crippen LogP contribution in [-0.4, -0.2) is 39.2 Å². The summed E-state index contributed by atoms with van der Waals surface area (Å²) in [6.07, 6.45) is 1.92. The highest BCUT2D eigenvalue weighted by Gasteiger charge is 2.34. The Hall–Kier alpha value is -1.67. The lowest BCUT2D eigenvalue weighted by Gasteiger charge is -2.42. The van der Waals surface area contributed by atoms with Crippen LogP contribution < -0.4 is 16.4 Å². The van der Waals surface area contributed by atoms with Crippen LogP contribution in [0.3, 0.4) is 0 Å². The van der Waals surface area contributed by atoms with Crippen molar-refractivity contribution in [3.63, 3.8) is 0 Å². The molecule has 0 bridgehead atoms. The van der Waals surface area contributed by atoms with Gasteiger partial charge in [-0.05, 0) is 38.2 Å². The molecule has 1 saturated heterocycles. The van der Waals surface area contributed by atoms with Gasteiger partial charge in [-0.15, -0.1) is 0 Å². The number of aromatic nitrogens is 3. The number of hydrogen-bond acceptors (Lipinski definition) is 7. The molecule has 3 rings (SSSR count). The molecule has 7 nitrogen and oxygen atoms in total. The lowest BCUT2D eigenvalue weighted by molar-refractivity contribution is 0.204. The van der Waals surface area contributed by atoms with Crippen LogP contribution in [0.2, 0.25) is 10.2 Å². The number of nitrogens with zero attached hydrogens (tertiary/aromatic N) is 4. The zero-order valence-corrected chi connectivity index (χ0v) is 17.8. The molecule has 3 heterocycles. The van der Waals surface area contributed by atoms with Crippen molar-refractivity contribution in [2.45, 2.75) is 46.3 Å². The smallest absolute Gasteiger partial charge is 0.153 e. The number of aliphatic hydroxyl groups is 1. The minimum atomic E-state index is -0.234. The quantitative estimate of drug-likeness (QED) is 0.645. The molecule has 9 heteroatoms. The fourth-order valence-corrected chi connectivity index (χ4v) is 3.92. The lowest BCUT2D eigenvalue weighted by atomic mass is 9.75. The van der Waals surface area contributed by atoms with E-state index in [1.54, 1.807) is 6.07 Å². The standard InChI is InChI=1S/C19H26Cl2N6O/c1-10-16(12-8-14(23)26-17(21)15(12)20)25-13(9-28)18(24-10)27-6-4-19(3,5-7-27)11(2)22/h8,11,28H,4-7,9,22H2,1-3H3,(H2,23,26)/t11-/m0/s1. The summed E-state index contributed by atoms with van der Waals surface area (Å²) in [5, 5.41) is 10.3. The Morgan fingerprint density at radius 1 is 1.25 bits per heavy atom. The molecular weight excluding hydrogens is 399 g/mol. The molecule has 0 saturated carbocycles. The molecule has 0 spiro atoms. The molecule has 1 aliphatic heterocycles. The third kappa shape index (κ3) is 3.89. The van der Waals surface area contributed by atoms with E-state index in [1.807, 2.05) is 6.92 Å². The van der Waals surface area contributed by atoms with E-state index in [0.717, 1.165) is 25.9 Å². The molecule has 1 aliphatic rings. The van der Waals surface area contributed by atoms with Gasteiger partial charge in [-0.1, -0.05) is 30.1 Å². The van der Waals surface area contributed by atoms with E-state index >= 15 is 0 Å². The van der Waals surface area contributed by atoms with Crippen LogP contribution in [0.25, 0.3) is 11.3 Å². The number of pyridine rings is 1. The van der Waals surface area contributed by atoms with Crippen molar-refractivity contribution in [2.24, 2.45) is 11.1 Å². The van der Waals surface area contributed by atoms with E-state index in [-0.39, 0.29) is 34.1 Å². The van der Waals surface area contributed by atoms with Crippen LogP contribution in [0.4, 0.5) is 11.6 Å². The van der Waals surface area contributed by atoms with E-state index in [1.165, 1.54) is 0 Å². The van der Waals surface area contributed by atoms with Crippen LogP contribution in [0.15, 0.2) is 6.07 Å². The summed E-state index contributed by atoms with van der Waals surface area (Å²) in [5.74, 6) is 0.936. The van der Waals surface area contributed by atoms with Gasteiger partial charge in [-0.3, -0.25) is 0 Å². The summed E-state index contributed by atoms with van der Waals surface area (Å²) >= 11 is 12.4. The second kappa shape index (κ2) is 7.99. The van der Waals surface area contributed by atoms with Crippen LogP contribution in [0, 0.1) is 12.3 Å². The van der Waals surface area contributed by atoms with Crippen molar-refractivity contribution in [2.75, 3.05) is 23.7 Å². The molecule has 1 fully saturated rings. The fraction of sp³-hybridized carbons (Fsp3) is 0.526. The van der Waals surface area contributed by atoms with Gasteiger partial charge in [0.25, 0.3) is 0 Å². The Morgan fingerprint density at radius 3 is 2.46 bits per heavy atom. The molecule has 0 aliphatic carbocycles. The Labute approximate surface area is 175 Å². The van der Waals surface area contributed by atoms with Gasteiger partial charge in [-0.2, -0.15) is 0 Å². The van der Waals surface area contributed by atoms with Gasteiger partial charge >= 0.3 is 0 Å². The maximum atomic E-state index is 9.94. The minimum Gasteiger partial charge on any atom is -0.390 e. The number of nitrogens with two attached hydrogens (primary N) is 2. The van der Waals surface area contributed by atoms with Crippen LogP contribution >= 0.6 is 23.2 Å². The lowest BCUT2D eigenvalue weighted by Crippen LogP contribution is -2.47. The second-order valence-electron chi connectivity index (χ2n) is 7.72. The Balaban J connectivity index is 1.98. The van der Waals surface area contributed by atoms with E-state index < -0.39 is 0 Å². The molecular formula is C19H26Cl2N6O. The Morgan fingerprint density at radius 2 is 1.89 bits per heavy atom. The van der Waals surface area contributed by atoms with Gasteiger partial charge in [0.2, 0.25) is 0 Å². The molecule has 0 unspecified atom stereocenters. The monoisotopic (exact) mass is 424 g/mol. The van der Waals surface area contributed by atoms with Crippen molar-refractivity contribution in [1.29, 1.82) is 0 Å². The van der Waals surface area contributed by atoms with Crippen LogP contribution in [0.1, 0.15) is 38.1 Å². The molecule has 0 aromatic carbocycles. The first kappa shape index (κ1) is 21.0. The van der Waals surface area contributed by atoms with Gasteiger partial charge in [0, 0.05) is 24.7 Å². The van der Waals surface area contributed by atoms with Crippen molar-refractivity contribution >= 4 is 34.8 Å². The predicted molar refractivity (Wildman–Crippen MR) is 114 cm³/mol. The molecule has 0 amide bonds. The number of aryl methyl sites for hydroxylation is 1. The maximum absolute atomic E-state index is 9.94. The van der Waals surface area contributed by atoms with Gasteiger partial charge in [0.1, 0.15) is 11.5 Å². The normalized spacial score (nSPS) is 17.6. The molecule has 2 aromatic heterocycles. The Bertz CT molecular complexity index is 881. The van der Waals surface area contributed by atoms with E-state index in [2.05, 4.69) is 28.7 Å². The van der Waals surface area contributed by atoms with E-state index in [0.29, 0.717) is 28.5 Å². The number of halogens is 2. The largest absolute Gasteiger partial charge is 0.390 e. The fourth-order valence-electron chi connectivity index (χ4n) is 3.53. The van der Waals surface area contributed by atoms with Crippen molar-refractivity contribution in [3.05, 3.63) is 27.6 Å². The van der Waals surface area contributed by atoms with E-state index in [9.17, 15) is 5.11 Å². The average molecular weight is 425 g/mol. The number of piperidine rings is 1. The number of hydrogen-bond donors (Lipinski definition) is 3. The summed E-state index contributed by atoms with van der Waals surface area (Å²) in [6.45, 7) is 7.53. The molecule has 28 heavy (non-hydrogen) atoms. The number of aliphatic hydroxyl groups excluding tert-OH is 1. The number of nitrogen functional groups attached to an aromatic ring is 1. The predicted octanol–water partition coefficient (Wildman–Crippen LogP) is 3.18. The summed E-state index contributed by atoms with van der Waals surface area (Å²) in [4.78, 5) is 15.5. The third-order valence-electron chi connectivity index (χ3n) is 5.77. The Kier molecular flexibility index (Phi) is 6.00. The highest BCUT2D eigenvalue weighted by molar-refractivity contribution is 6.43. The molecule has 1 atom stereocenters. The number of rotatable bonds is 4. The third-order valence-corrected chi connectivity index (χ3v) is 6.52. The van der Waals surface area contributed by atoms with Crippen molar-refractivity contribution in [1.82, 2.24) is 15.0 Å². The average Bonchev–Trinajstić information content (AvgIpc) is 2.65. The van der Waals surface area contributed by atoms with Gasteiger partial charge in [0.15, 0.2) is 11.0 Å². The summed E-state index contributed by atoms with van der Waals surface area (Å²) in [5.41, 5.74) is 14.3.